The van der Waals surface area contributed by atoms with Gasteiger partial charge in [0.25, 0.3) is 0 Å². The Balaban J connectivity index is 2.60. The highest BCUT2D eigenvalue weighted by Gasteiger charge is 2.11. The van der Waals surface area contributed by atoms with Crippen molar-refractivity contribution in [1.29, 1.82) is 0 Å². The second kappa shape index (κ2) is 3.76. The highest BCUT2D eigenvalue weighted by molar-refractivity contribution is 9.13. The van der Waals surface area contributed by atoms with Gasteiger partial charge in [-0.2, -0.15) is 5.10 Å². The summed E-state index contributed by atoms with van der Waals surface area (Å²) < 4.78 is 3.73. The van der Waals surface area contributed by atoms with E-state index in [9.17, 15) is 0 Å². The molecule has 0 aliphatic rings. The van der Waals surface area contributed by atoms with Crippen molar-refractivity contribution in [3.05, 3.63) is 19.1 Å². The van der Waals surface area contributed by atoms with E-state index in [1.165, 1.54) is 16.0 Å². The lowest BCUT2D eigenvalue weighted by Gasteiger charge is -1.94. The lowest BCUT2D eigenvalue weighted by Crippen LogP contribution is -2.09. The molecule has 0 aliphatic carbocycles. The van der Waals surface area contributed by atoms with Gasteiger partial charge in [-0.3, -0.25) is 0 Å². The van der Waals surface area contributed by atoms with Crippen LogP contribution in [0.2, 0.25) is 0 Å². The molecule has 0 unspecified atom stereocenters. The minimum atomic E-state index is 0.403. The van der Waals surface area contributed by atoms with Crippen LogP contribution in [-0.2, 0) is 0 Å². The third-order valence-corrected chi connectivity index (χ3v) is 5.11. The van der Waals surface area contributed by atoms with Crippen LogP contribution in [0.4, 0.5) is 0 Å². The van der Waals surface area contributed by atoms with E-state index in [0.717, 1.165) is 13.1 Å². The first-order valence-electron chi connectivity index (χ1n) is 3.47. The van der Waals surface area contributed by atoms with Crippen LogP contribution in [0.1, 0.15) is 0 Å². The minimum Gasteiger partial charge on any atom is -0.335 e. The number of aromatic nitrogens is 3. The third-order valence-electron chi connectivity index (χ3n) is 1.57. The van der Waals surface area contributed by atoms with Crippen molar-refractivity contribution in [3.8, 4) is 10.7 Å². The maximum absolute atomic E-state index is 5.69. The molecule has 4 nitrogen and oxygen atoms in total. The first-order chi connectivity index (χ1) is 6.59. The van der Waals surface area contributed by atoms with Crippen molar-refractivity contribution >= 4 is 55.4 Å². The van der Waals surface area contributed by atoms with Crippen molar-refractivity contribution < 1.29 is 0 Å². The molecule has 0 aliphatic heterocycles. The molecule has 2 heterocycles. The third kappa shape index (κ3) is 1.67. The van der Waals surface area contributed by atoms with Crippen molar-refractivity contribution in [2.24, 2.45) is 0 Å². The fraction of sp³-hybridized carbons (Fsp3) is 0. The van der Waals surface area contributed by atoms with Gasteiger partial charge in [0, 0.05) is 4.47 Å². The fourth-order valence-corrected chi connectivity index (χ4v) is 3.09. The van der Waals surface area contributed by atoms with Gasteiger partial charge in [0.2, 0.25) is 4.77 Å². The zero-order chi connectivity index (χ0) is 10.3. The Hall–Kier alpha value is -0.180. The summed E-state index contributed by atoms with van der Waals surface area (Å²) in [5, 5.41) is 6.66. The number of thiophene rings is 1. The average Bonchev–Trinajstić information content (AvgIpc) is 2.61. The maximum Gasteiger partial charge on any atom is 0.214 e. The van der Waals surface area contributed by atoms with E-state index < -0.39 is 0 Å². The molecule has 0 radical (unpaired) electrons. The number of nitrogens with two attached hydrogens (primary N) is 1. The second-order valence-electron chi connectivity index (χ2n) is 2.45. The van der Waals surface area contributed by atoms with Crippen LogP contribution in [0, 0.1) is 4.77 Å². The Kier molecular flexibility index (Phi) is 2.78. The number of H-pyrrole nitrogens is 1. The molecular formula is C6H4Br2N4S2. The summed E-state index contributed by atoms with van der Waals surface area (Å²) in [4.78, 5) is 0.943. The van der Waals surface area contributed by atoms with Gasteiger partial charge in [-0.25, -0.2) is 9.77 Å². The number of hydrogen-bond donors (Lipinski definition) is 2. The second-order valence-corrected chi connectivity index (χ2v) is 6.07. The molecule has 0 fully saturated rings. The Labute approximate surface area is 105 Å². The minimum absolute atomic E-state index is 0.403. The molecule has 0 bridgehead atoms. The lowest BCUT2D eigenvalue weighted by atomic mass is 10.4. The summed E-state index contributed by atoms with van der Waals surface area (Å²) in [5.74, 6) is 6.32. The van der Waals surface area contributed by atoms with Crippen LogP contribution in [0.15, 0.2) is 14.3 Å². The molecule has 0 spiro atoms. The maximum atomic E-state index is 5.69. The van der Waals surface area contributed by atoms with Gasteiger partial charge in [0.05, 0.1) is 8.66 Å². The molecule has 14 heavy (non-hydrogen) atoms. The predicted octanol–water partition coefficient (Wildman–Crippen LogP) is 2.91. The number of nitrogen functional groups attached to an aromatic ring is 1. The van der Waals surface area contributed by atoms with Gasteiger partial charge in [0.15, 0.2) is 5.82 Å². The first-order valence-corrected chi connectivity index (χ1v) is 6.28. The molecule has 2 rings (SSSR count). The van der Waals surface area contributed by atoms with E-state index in [1.807, 2.05) is 6.07 Å². The first kappa shape index (κ1) is 10.3. The quantitative estimate of drug-likeness (QED) is 0.610. The molecule has 2 aromatic heterocycles. The Morgan fingerprint density at radius 3 is 2.71 bits per heavy atom. The van der Waals surface area contributed by atoms with E-state index in [-0.39, 0.29) is 0 Å². The Bertz CT molecular complexity index is 507. The number of aromatic amines is 1. The molecule has 2 aromatic rings. The van der Waals surface area contributed by atoms with E-state index in [1.54, 1.807) is 0 Å². The number of halogens is 2. The normalized spacial score (nSPS) is 10.7. The van der Waals surface area contributed by atoms with Gasteiger partial charge >= 0.3 is 0 Å². The van der Waals surface area contributed by atoms with Gasteiger partial charge < -0.3 is 5.84 Å². The van der Waals surface area contributed by atoms with Crippen molar-refractivity contribution in [2.75, 3.05) is 5.84 Å². The van der Waals surface area contributed by atoms with E-state index in [4.69, 9.17) is 18.1 Å². The topological polar surface area (TPSA) is 59.6 Å². The molecule has 3 N–H and O–H groups in total. The molecule has 74 valence electrons. The molecule has 0 atom stereocenters. The van der Waals surface area contributed by atoms with Gasteiger partial charge in [0.1, 0.15) is 0 Å². The van der Waals surface area contributed by atoms with Crippen LogP contribution < -0.4 is 5.84 Å². The standard InChI is InChI=1S/C6H4Br2N4S2/c7-2-1-3(14-4(2)8)5-10-11-6(13)12(5)9/h1H,9H2,(H,11,13). The van der Waals surface area contributed by atoms with Gasteiger partial charge in [-0.05, 0) is 50.1 Å². The molecule has 0 saturated carbocycles. The van der Waals surface area contributed by atoms with Gasteiger partial charge in [-0.15, -0.1) is 11.3 Å². The van der Waals surface area contributed by atoms with E-state index in [0.29, 0.717) is 10.6 Å². The fourth-order valence-electron chi connectivity index (χ4n) is 0.935. The zero-order valence-electron chi connectivity index (χ0n) is 6.62. The van der Waals surface area contributed by atoms with E-state index >= 15 is 0 Å². The molecule has 0 amide bonds. The number of hydrogen-bond acceptors (Lipinski definition) is 4. The largest absolute Gasteiger partial charge is 0.335 e. The van der Waals surface area contributed by atoms with Crippen molar-refractivity contribution in [2.45, 2.75) is 0 Å². The van der Waals surface area contributed by atoms with Crippen molar-refractivity contribution in [1.82, 2.24) is 14.9 Å². The summed E-state index contributed by atoms with van der Waals surface area (Å²) in [6.45, 7) is 0. The summed E-state index contributed by atoms with van der Waals surface area (Å²) in [6.07, 6.45) is 0. The molecular weight excluding hydrogens is 352 g/mol. The number of nitrogens with one attached hydrogen (secondary N) is 1. The monoisotopic (exact) mass is 354 g/mol. The molecule has 8 heteroatoms. The SMILES string of the molecule is Nn1c(-c2cc(Br)c(Br)s2)n[nH]c1=S. The average molecular weight is 356 g/mol. The van der Waals surface area contributed by atoms with Gasteiger partial charge in [-0.1, -0.05) is 0 Å². The van der Waals surface area contributed by atoms with Crippen LogP contribution in [0.25, 0.3) is 10.7 Å². The summed E-state index contributed by atoms with van der Waals surface area (Å²) in [7, 11) is 0. The number of nitrogens with zero attached hydrogens (tertiary/aromatic N) is 2. The van der Waals surface area contributed by atoms with Crippen molar-refractivity contribution in [3.63, 3.8) is 0 Å². The number of rotatable bonds is 1. The highest BCUT2D eigenvalue weighted by Crippen LogP contribution is 2.36. The van der Waals surface area contributed by atoms with E-state index in [2.05, 4.69) is 42.1 Å². The Morgan fingerprint density at radius 1 is 1.57 bits per heavy atom. The zero-order valence-corrected chi connectivity index (χ0v) is 11.4. The summed E-state index contributed by atoms with van der Waals surface area (Å²) >= 11 is 13.2. The van der Waals surface area contributed by atoms with Crippen LogP contribution in [-0.4, -0.2) is 14.9 Å². The molecule has 0 saturated heterocycles. The van der Waals surface area contributed by atoms with Crippen LogP contribution >= 0.6 is 55.4 Å². The van der Waals surface area contributed by atoms with Crippen LogP contribution in [0.3, 0.4) is 0 Å². The summed E-state index contributed by atoms with van der Waals surface area (Å²) in [5.41, 5.74) is 0. The predicted molar refractivity (Wildman–Crippen MR) is 66.3 cm³/mol. The van der Waals surface area contributed by atoms with Crippen LogP contribution in [0.5, 0.6) is 0 Å². The Morgan fingerprint density at radius 2 is 2.29 bits per heavy atom. The lowest BCUT2D eigenvalue weighted by molar-refractivity contribution is 0.986. The smallest absolute Gasteiger partial charge is 0.214 e. The highest BCUT2D eigenvalue weighted by atomic mass is 79.9. The summed E-state index contributed by atoms with van der Waals surface area (Å²) in [6, 6.07) is 1.93. The molecule has 0 aromatic carbocycles.